The Hall–Kier alpha value is -1.82. The molecule has 0 radical (unpaired) electrons. The standard InChI is InChI=1S/C15H19F2N3O/c1-11-13(10-21-15(16,17)14(2,3)4)19-20(18-11)12-8-6-5-7-9-12/h5-9H,10H2,1-4H3. The summed E-state index contributed by atoms with van der Waals surface area (Å²) in [5, 5.41) is 8.44. The van der Waals surface area contributed by atoms with Gasteiger partial charge in [-0.2, -0.15) is 23.8 Å². The molecule has 0 unspecified atom stereocenters. The highest BCUT2D eigenvalue weighted by Gasteiger charge is 2.44. The number of hydrogen-bond acceptors (Lipinski definition) is 3. The monoisotopic (exact) mass is 295 g/mol. The van der Waals surface area contributed by atoms with Crippen LogP contribution in [0.2, 0.25) is 0 Å². The summed E-state index contributed by atoms with van der Waals surface area (Å²) in [7, 11) is 0. The van der Waals surface area contributed by atoms with Crippen LogP contribution in [-0.2, 0) is 11.3 Å². The van der Waals surface area contributed by atoms with Crippen molar-refractivity contribution >= 4 is 0 Å². The summed E-state index contributed by atoms with van der Waals surface area (Å²) in [6.07, 6.45) is -3.23. The minimum Gasteiger partial charge on any atom is -0.313 e. The van der Waals surface area contributed by atoms with Gasteiger partial charge in [-0.3, -0.25) is 0 Å². The first kappa shape index (κ1) is 15.6. The first-order valence-corrected chi connectivity index (χ1v) is 6.71. The van der Waals surface area contributed by atoms with E-state index in [1.807, 2.05) is 30.3 Å². The molecule has 0 saturated heterocycles. The number of para-hydroxylation sites is 1. The summed E-state index contributed by atoms with van der Waals surface area (Å²) in [6, 6.07) is 9.28. The summed E-state index contributed by atoms with van der Waals surface area (Å²) in [6.45, 7) is 5.74. The van der Waals surface area contributed by atoms with Gasteiger partial charge in [-0.15, -0.1) is 0 Å². The number of aromatic nitrogens is 3. The fourth-order valence-corrected chi connectivity index (χ4v) is 1.59. The Morgan fingerprint density at radius 1 is 1.10 bits per heavy atom. The van der Waals surface area contributed by atoms with Gasteiger partial charge in [0.1, 0.15) is 5.69 Å². The molecule has 0 aliphatic rings. The molecule has 1 aromatic carbocycles. The Kier molecular flexibility index (Phi) is 4.09. The number of nitrogens with zero attached hydrogens (tertiary/aromatic N) is 3. The molecule has 1 heterocycles. The number of rotatable bonds is 4. The van der Waals surface area contributed by atoms with E-state index in [0.29, 0.717) is 11.4 Å². The zero-order chi connectivity index (χ0) is 15.7. The van der Waals surface area contributed by atoms with Crippen molar-refractivity contribution < 1.29 is 13.5 Å². The van der Waals surface area contributed by atoms with Crippen LogP contribution in [0, 0.1) is 12.3 Å². The maximum atomic E-state index is 13.8. The average molecular weight is 295 g/mol. The molecular formula is C15H19F2N3O. The molecule has 0 atom stereocenters. The van der Waals surface area contributed by atoms with E-state index in [9.17, 15) is 8.78 Å². The van der Waals surface area contributed by atoms with E-state index in [1.54, 1.807) is 6.92 Å². The molecule has 6 heteroatoms. The van der Waals surface area contributed by atoms with Crippen molar-refractivity contribution in [2.24, 2.45) is 5.41 Å². The maximum absolute atomic E-state index is 13.8. The topological polar surface area (TPSA) is 39.9 Å². The molecule has 0 fully saturated rings. The number of aryl methyl sites for hydroxylation is 1. The molecule has 0 spiro atoms. The van der Waals surface area contributed by atoms with Crippen LogP contribution >= 0.6 is 0 Å². The lowest BCUT2D eigenvalue weighted by molar-refractivity contribution is -0.301. The van der Waals surface area contributed by atoms with Crippen LogP contribution in [0.1, 0.15) is 32.2 Å². The summed E-state index contributed by atoms with van der Waals surface area (Å²) >= 11 is 0. The second-order valence-corrected chi connectivity index (χ2v) is 5.91. The van der Waals surface area contributed by atoms with Crippen LogP contribution < -0.4 is 0 Å². The van der Waals surface area contributed by atoms with Gasteiger partial charge in [-0.1, -0.05) is 39.0 Å². The third-order valence-electron chi connectivity index (χ3n) is 3.13. The molecule has 2 aromatic rings. The van der Waals surface area contributed by atoms with Gasteiger partial charge < -0.3 is 4.74 Å². The number of ether oxygens (including phenoxy) is 1. The first-order chi connectivity index (χ1) is 9.71. The highest BCUT2D eigenvalue weighted by molar-refractivity contribution is 5.29. The molecule has 21 heavy (non-hydrogen) atoms. The summed E-state index contributed by atoms with van der Waals surface area (Å²) < 4.78 is 32.4. The van der Waals surface area contributed by atoms with Crippen molar-refractivity contribution in [3.05, 3.63) is 41.7 Å². The van der Waals surface area contributed by atoms with Crippen molar-refractivity contribution in [1.29, 1.82) is 0 Å². The zero-order valence-electron chi connectivity index (χ0n) is 12.6. The molecule has 0 saturated carbocycles. The Labute approximate surface area is 122 Å². The molecule has 114 valence electrons. The van der Waals surface area contributed by atoms with Crippen molar-refractivity contribution in [1.82, 2.24) is 15.0 Å². The first-order valence-electron chi connectivity index (χ1n) is 6.71. The van der Waals surface area contributed by atoms with E-state index in [-0.39, 0.29) is 6.61 Å². The van der Waals surface area contributed by atoms with Gasteiger partial charge >= 0.3 is 6.11 Å². The predicted molar refractivity (Wildman–Crippen MR) is 75.3 cm³/mol. The van der Waals surface area contributed by atoms with Crippen LogP contribution in [0.3, 0.4) is 0 Å². The van der Waals surface area contributed by atoms with Gasteiger partial charge in [0.15, 0.2) is 0 Å². The van der Waals surface area contributed by atoms with Crippen LogP contribution in [0.4, 0.5) is 8.78 Å². The van der Waals surface area contributed by atoms with E-state index in [4.69, 9.17) is 4.74 Å². The van der Waals surface area contributed by atoms with Gasteiger partial charge in [0, 0.05) is 0 Å². The smallest absolute Gasteiger partial charge is 0.313 e. The molecule has 0 bridgehead atoms. The Morgan fingerprint density at radius 3 is 2.29 bits per heavy atom. The van der Waals surface area contributed by atoms with Gasteiger partial charge in [0.25, 0.3) is 0 Å². The van der Waals surface area contributed by atoms with Gasteiger partial charge in [-0.25, -0.2) is 0 Å². The molecule has 0 amide bonds. The highest BCUT2D eigenvalue weighted by atomic mass is 19.3. The third kappa shape index (κ3) is 3.44. The largest absolute Gasteiger partial charge is 0.360 e. The molecule has 0 aliphatic carbocycles. The molecule has 4 nitrogen and oxygen atoms in total. The van der Waals surface area contributed by atoms with Gasteiger partial charge in [0.2, 0.25) is 0 Å². The van der Waals surface area contributed by atoms with Crippen molar-refractivity contribution in [2.45, 2.75) is 40.4 Å². The Balaban J connectivity index is 2.14. The van der Waals surface area contributed by atoms with E-state index >= 15 is 0 Å². The predicted octanol–water partition coefficient (Wildman–Crippen LogP) is 3.73. The van der Waals surface area contributed by atoms with Crippen molar-refractivity contribution in [3.63, 3.8) is 0 Å². The fraction of sp³-hybridized carbons (Fsp3) is 0.467. The van der Waals surface area contributed by atoms with Crippen molar-refractivity contribution in [3.8, 4) is 5.69 Å². The Bertz CT molecular complexity index is 603. The lowest BCUT2D eigenvalue weighted by Crippen LogP contribution is -2.36. The van der Waals surface area contributed by atoms with E-state index < -0.39 is 11.5 Å². The lowest BCUT2D eigenvalue weighted by Gasteiger charge is -2.29. The average Bonchev–Trinajstić information content (AvgIpc) is 2.78. The van der Waals surface area contributed by atoms with E-state index in [1.165, 1.54) is 25.6 Å². The molecule has 0 aliphatic heterocycles. The normalized spacial score (nSPS) is 12.7. The highest BCUT2D eigenvalue weighted by Crippen LogP contribution is 2.37. The van der Waals surface area contributed by atoms with Crippen LogP contribution in [0.25, 0.3) is 5.69 Å². The summed E-state index contributed by atoms with van der Waals surface area (Å²) in [5.41, 5.74) is 0.483. The van der Waals surface area contributed by atoms with Gasteiger partial charge in [0.05, 0.1) is 23.4 Å². The minimum absolute atomic E-state index is 0.275. The second-order valence-electron chi connectivity index (χ2n) is 5.91. The quantitative estimate of drug-likeness (QED) is 0.863. The number of benzene rings is 1. The zero-order valence-corrected chi connectivity index (χ0v) is 12.6. The third-order valence-corrected chi connectivity index (χ3v) is 3.13. The SMILES string of the molecule is Cc1nn(-c2ccccc2)nc1COC(F)(F)C(C)(C)C. The maximum Gasteiger partial charge on any atom is 0.360 e. The number of halogens is 2. The number of hydrogen-bond donors (Lipinski definition) is 0. The van der Waals surface area contributed by atoms with Gasteiger partial charge in [-0.05, 0) is 19.1 Å². The van der Waals surface area contributed by atoms with Crippen LogP contribution in [0.15, 0.2) is 30.3 Å². The summed E-state index contributed by atoms with van der Waals surface area (Å²) in [4.78, 5) is 1.42. The molecular weight excluding hydrogens is 276 g/mol. The van der Waals surface area contributed by atoms with Crippen LogP contribution in [0.5, 0.6) is 0 Å². The van der Waals surface area contributed by atoms with E-state index in [2.05, 4.69) is 10.2 Å². The second kappa shape index (κ2) is 5.52. The fourth-order valence-electron chi connectivity index (χ4n) is 1.59. The van der Waals surface area contributed by atoms with E-state index in [0.717, 1.165) is 5.69 Å². The lowest BCUT2D eigenvalue weighted by atomic mass is 9.95. The molecule has 1 aromatic heterocycles. The number of alkyl halides is 2. The van der Waals surface area contributed by atoms with Crippen molar-refractivity contribution in [2.75, 3.05) is 0 Å². The Morgan fingerprint density at radius 2 is 1.71 bits per heavy atom. The molecule has 2 rings (SSSR count). The minimum atomic E-state index is -3.23. The molecule has 0 N–H and O–H groups in total. The summed E-state index contributed by atoms with van der Waals surface area (Å²) in [5.74, 6) is 0. The van der Waals surface area contributed by atoms with Crippen LogP contribution in [-0.4, -0.2) is 21.1 Å².